The van der Waals surface area contributed by atoms with E-state index in [1.165, 1.54) is 6.34 Å². The molecule has 0 aliphatic carbocycles. The molecule has 0 saturated heterocycles. The molecular weight excluding hydrogens is 128 g/mol. The van der Waals surface area contributed by atoms with Gasteiger partial charge in [-0.3, -0.25) is 4.99 Å². The molecule has 0 N–H and O–H groups in total. The van der Waals surface area contributed by atoms with Gasteiger partial charge in [0, 0.05) is 5.56 Å². The highest BCUT2D eigenvalue weighted by Gasteiger charge is 1.94. The van der Waals surface area contributed by atoms with Crippen molar-refractivity contribution in [1.29, 1.82) is 0 Å². The van der Waals surface area contributed by atoms with E-state index in [4.69, 9.17) is 4.42 Å². The molecule has 0 aromatic carbocycles. The molecule has 0 aliphatic heterocycles. The van der Waals surface area contributed by atoms with Crippen LogP contribution in [0, 0.1) is 6.92 Å². The largest absolute Gasteiger partial charge is 0.470 e. The van der Waals surface area contributed by atoms with Crippen molar-refractivity contribution in [2.75, 3.05) is 0 Å². The van der Waals surface area contributed by atoms with Crippen LogP contribution >= 0.6 is 0 Å². The van der Waals surface area contributed by atoms with Crippen LogP contribution in [0.15, 0.2) is 26.9 Å². The Bertz CT molecular complexity index is 250. The minimum absolute atomic E-state index is 0.799. The quantitative estimate of drug-likeness (QED) is 0.452. The Morgan fingerprint density at radius 1 is 1.60 bits per heavy atom. The van der Waals surface area contributed by atoms with E-state index in [2.05, 4.69) is 16.7 Å². The summed E-state index contributed by atoms with van der Waals surface area (Å²) in [5.41, 5.74) is 1.80. The molecule has 0 unspecified atom stereocenters. The summed E-state index contributed by atoms with van der Waals surface area (Å²) in [6.45, 7) is 5.18. The van der Waals surface area contributed by atoms with Crippen molar-refractivity contribution in [3.63, 3.8) is 0 Å². The van der Waals surface area contributed by atoms with Crippen molar-refractivity contribution < 1.29 is 4.42 Å². The minimum Gasteiger partial charge on any atom is -0.470 e. The minimum atomic E-state index is 0.799. The fraction of sp³-hybridized carbons (Fsp3) is 0.143. The number of rotatable bonds is 2. The Morgan fingerprint density at radius 3 is 2.90 bits per heavy atom. The summed E-state index contributed by atoms with van der Waals surface area (Å²) < 4.78 is 4.87. The van der Waals surface area contributed by atoms with E-state index >= 15 is 0 Å². The van der Waals surface area contributed by atoms with Gasteiger partial charge in [0.25, 0.3) is 0 Å². The summed E-state index contributed by atoms with van der Waals surface area (Å²) in [6, 6.07) is 0. The maximum absolute atomic E-state index is 4.87. The zero-order chi connectivity index (χ0) is 7.40. The van der Waals surface area contributed by atoms with E-state index in [1.54, 1.807) is 12.5 Å². The third-order valence-electron chi connectivity index (χ3n) is 1.11. The van der Waals surface area contributed by atoms with E-state index in [1.807, 2.05) is 6.92 Å². The fourth-order valence-electron chi connectivity index (χ4n) is 0.589. The first kappa shape index (κ1) is 6.74. The van der Waals surface area contributed by atoms with Crippen LogP contribution in [0.25, 0.3) is 0 Å². The highest BCUT2D eigenvalue weighted by molar-refractivity contribution is 5.66. The summed E-state index contributed by atoms with van der Waals surface area (Å²) in [5.74, 6) is 0. The van der Waals surface area contributed by atoms with Gasteiger partial charge in [0.15, 0.2) is 0 Å². The van der Waals surface area contributed by atoms with Crippen molar-refractivity contribution in [1.82, 2.24) is 0 Å². The second-order valence-electron chi connectivity index (χ2n) is 1.87. The average Bonchev–Trinajstić information content (AvgIpc) is 2.31. The van der Waals surface area contributed by atoms with E-state index in [0.717, 1.165) is 11.3 Å². The standard InChI is InChI=1S/C7H8N2O/c1-6-3-10-4-7(6)9-5-8-2/h3-5H,2H2,1H3. The lowest BCUT2D eigenvalue weighted by Gasteiger charge is -1.82. The van der Waals surface area contributed by atoms with Crippen LogP contribution in [0.1, 0.15) is 5.56 Å². The summed E-state index contributed by atoms with van der Waals surface area (Å²) in [7, 11) is 0. The lowest BCUT2D eigenvalue weighted by atomic mass is 10.3. The predicted octanol–water partition coefficient (Wildman–Crippen LogP) is 1.95. The first-order valence-corrected chi connectivity index (χ1v) is 2.85. The monoisotopic (exact) mass is 136 g/mol. The molecule has 0 aliphatic rings. The van der Waals surface area contributed by atoms with Gasteiger partial charge in [0.1, 0.15) is 18.3 Å². The van der Waals surface area contributed by atoms with Crippen molar-refractivity contribution >= 4 is 18.7 Å². The highest BCUT2D eigenvalue weighted by atomic mass is 16.3. The number of nitrogens with zero attached hydrogens (tertiary/aromatic N) is 2. The zero-order valence-corrected chi connectivity index (χ0v) is 5.74. The Kier molecular flexibility index (Phi) is 1.99. The second kappa shape index (κ2) is 2.96. The molecule has 0 spiro atoms. The summed E-state index contributed by atoms with van der Waals surface area (Å²) >= 11 is 0. The highest BCUT2D eigenvalue weighted by Crippen LogP contribution is 2.17. The van der Waals surface area contributed by atoms with Gasteiger partial charge in [-0.2, -0.15) is 0 Å². The lowest BCUT2D eigenvalue weighted by Crippen LogP contribution is -1.64. The van der Waals surface area contributed by atoms with Crippen molar-refractivity contribution in [2.45, 2.75) is 6.92 Å². The predicted molar refractivity (Wildman–Crippen MR) is 41.1 cm³/mol. The second-order valence-corrected chi connectivity index (χ2v) is 1.87. The van der Waals surface area contributed by atoms with E-state index in [0.29, 0.717) is 0 Å². The SMILES string of the molecule is C=NC=Nc1cocc1C. The van der Waals surface area contributed by atoms with Crippen molar-refractivity contribution in [3.05, 3.63) is 18.1 Å². The molecule has 3 nitrogen and oxygen atoms in total. The van der Waals surface area contributed by atoms with Crippen molar-refractivity contribution in [3.8, 4) is 0 Å². The molecule has 0 bridgehead atoms. The molecule has 0 fully saturated rings. The molecule has 0 saturated carbocycles. The average molecular weight is 136 g/mol. The number of hydrogen-bond donors (Lipinski definition) is 0. The van der Waals surface area contributed by atoms with Gasteiger partial charge in [-0.05, 0) is 13.6 Å². The first-order valence-electron chi connectivity index (χ1n) is 2.85. The smallest absolute Gasteiger partial charge is 0.116 e. The molecule has 52 valence electrons. The van der Waals surface area contributed by atoms with Gasteiger partial charge in [0.2, 0.25) is 0 Å². The Balaban J connectivity index is 2.83. The van der Waals surface area contributed by atoms with Gasteiger partial charge < -0.3 is 4.42 Å². The van der Waals surface area contributed by atoms with Gasteiger partial charge in [-0.15, -0.1) is 0 Å². The molecule has 3 heteroatoms. The molecule has 10 heavy (non-hydrogen) atoms. The summed E-state index contributed by atoms with van der Waals surface area (Å²) in [6.07, 6.45) is 4.59. The van der Waals surface area contributed by atoms with Crippen molar-refractivity contribution in [2.24, 2.45) is 9.98 Å². The maximum atomic E-state index is 4.87. The Labute approximate surface area is 59.1 Å². The molecule has 0 radical (unpaired) electrons. The topological polar surface area (TPSA) is 37.9 Å². The van der Waals surface area contributed by atoms with Crippen LogP contribution in [0.5, 0.6) is 0 Å². The molecule has 1 aromatic rings. The molecular formula is C7H8N2O. The zero-order valence-electron chi connectivity index (χ0n) is 5.74. The van der Waals surface area contributed by atoms with Crippen LogP contribution in [0.2, 0.25) is 0 Å². The first-order chi connectivity index (χ1) is 4.84. The van der Waals surface area contributed by atoms with Crippen LogP contribution in [-0.4, -0.2) is 13.1 Å². The Hall–Kier alpha value is -1.38. The molecule has 0 atom stereocenters. The molecule has 1 heterocycles. The molecule has 1 rings (SSSR count). The number of hydrogen-bond acceptors (Lipinski definition) is 2. The fourth-order valence-corrected chi connectivity index (χ4v) is 0.589. The normalized spacial score (nSPS) is 10.5. The van der Waals surface area contributed by atoms with E-state index in [9.17, 15) is 0 Å². The number of aryl methyl sites for hydroxylation is 1. The van der Waals surface area contributed by atoms with Crippen LogP contribution in [0.4, 0.5) is 5.69 Å². The third-order valence-corrected chi connectivity index (χ3v) is 1.11. The summed E-state index contributed by atoms with van der Waals surface area (Å²) in [5, 5.41) is 0. The van der Waals surface area contributed by atoms with Crippen LogP contribution in [0.3, 0.4) is 0 Å². The van der Waals surface area contributed by atoms with Crippen LogP contribution in [-0.2, 0) is 0 Å². The Morgan fingerprint density at radius 2 is 2.40 bits per heavy atom. The van der Waals surface area contributed by atoms with E-state index in [-0.39, 0.29) is 0 Å². The number of furan rings is 1. The maximum Gasteiger partial charge on any atom is 0.116 e. The van der Waals surface area contributed by atoms with Gasteiger partial charge in [0.05, 0.1) is 6.26 Å². The summed E-state index contributed by atoms with van der Waals surface area (Å²) in [4.78, 5) is 7.40. The van der Waals surface area contributed by atoms with Gasteiger partial charge in [-0.25, -0.2) is 4.99 Å². The molecule has 1 aromatic heterocycles. The molecule has 0 amide bonds. The van der Waals surface area contributed by atoms with Crippen LogP contribution < -0.4 is 0 Å². The van der Waals surface area contributed by atoms with Gasteiger partial charge >= 0.3 is 0 Å². The number of aliphatic imine (C=N–C) groups is 2. The third kappa shape index (κ3) is 1.31. The lowest BCUT2D eigenvalue weighted by molar-refractivity contribution is 0.566. The van der Waals surface area contributed by atoms with E-state index < -0.39 is 0 Å². The van der Waals surface area contributed by atoms with Gasteiger partial charge in [-0.1, -0.05) is 0 Å².